The Morgan fingerprint density at radius 3 is 2.92 bits per heavy atom. The van der Waals surface area contributed by atoms with E-state index in [1.807, 2.05) is 0 Å². The molecule has 1 unspecified atom stereocenters. The Kier molecular flexibility index (Phi) is 4.18. The molecule has 4 heteroatoms. The average molecular weight is 185 g/mol. The van der Waals surface area contributed by atoms with Gasteiger partial charge in [-0.3, -0.25) is 10.3 Å². The lowest BCUT2D eigenvalue weighted by molar-refractivity contribution is 0.138. The predicted octanol–water partition coefficient (Wildman–Crippen LogP) is 0.423. The zero-order chi connectivity index (χ0) is 9.68. The molecular formula is C9H19N3O. The van der Waals surface area contributed by atoms with Crippen molar-refractivity contribution in [2.24, 2.45) is 5.73 Å². The summed E-state index contributed by atoms with van der Waals surface area (Å²) in [5, 5.41) is 7.45. The van der Waals surface area contributed by atoms with Gasteiger partial charge in [0.15, 0.2) is 0 Å². The Balaban J connectivity index is 2.50. The van der Waals surface area contributed by atoms with Gasteiger partial charge in [0.05, 0.1) is 12.6 Å². The third kappa shape index (κ3) is 2.97. The molecule has 0 aliphatic carbocycles. The minimum absolute atomic E-state index is 0.113. The summed E-state index contributed by atoms with van der Waals surface area (Å²) in [5.74, 6) is 0.282. The highest BCUT2D eigenvalue weighted by Crippen LogP contribution is 2.07. The van der Waals surface area contributed by atoms with Crippen molar-refractivity contribution < 1.29 is 4.74 Å². The van der Waals surface area contributed by atoms with E-state index in [2.05, 4.69) is 11.8 Å². The highest BCUT2D eigenvalue weighted by molar-refractivity contribution is 5.82. The first-order valence-corrected chi connectivity index (χ1v) is 4.91. The summed E-state index contributed by atoms with van der Waals surface area (Å²) in [6, 6.07) is 0.113. The Hall–Kier alpha value is -0.610. The molecule has 1 aliphatic rings. The fourth-order valence-electron chi connectivity index (χ4n) is 1.75. The van der Waals surface area contributed by atoms with Crippen LogP contribution in [0.15, 0.2) is 0 Å². The predicted molar refractivity (Wildman–Crippen MR) is 53.0 cm³/mol. The summed E-state index contributed by atoms with van der Waals surface area (Å²) >= 11 is 0. The minimum atomic E-state index is 0.113. The van der Waals surface area contributed by atoms with E-state index < -0.39 is 0 Å². The van der Waals surface area contributed by atoms with Crippen LogP contribution >= 0.6 is 0 Å². The summed E-state index contributed by atoms with van der Waals surface area (Å²) < 4.78 is 5.35. The van der Waals surface area contributed by atoms with Gasteiger partial charge in [0.1, 0.15) is 5.84 Å². The van der Waals surface area contributed by atoms with Crippen molar-refractivity contribution in [3.8, 4) is 0 Å². The van der Waals surface area contributed by atoms with Crippen LogP contribution in [-0.2, 0) is 4.74 Å². The number of nitrogens with two attached hydrogens (primary N) is 1. The molecule has 0 amide bonds. The molecule has 0 aromatic heterocycles. The van der Waals surface area contributed by atoms with Gasteiger partial charge in [0, 0.05) is 19.7 Å². The largest absolute Gasteiger partial charge is 0.386 e. The number of hydrogen-bond acceptors (Lipinski definition) is 3. The van der Waals surface area contributed by atoms with E-state index in [0.29, 0.717) is 0 Å². The second-order valence-electron chi connectivity index (χ2n) is 3.38. The van der Waals surface area contributed by atoms with Gasteiger partial charge < -0.3 is 10.5 Å². The number of hydrogen-bond donors (Lipinski definition) is 2. The number of amidine groups is 1. The molecule has 1 aliphatic heterocycles. The van der Waals surface area contributed by atoms with E-state index in [9.17, 15) is 0 Å². The van der Waals surface area contributed by atoms with Gasteiger partial charge in [-0.1, -0.05) is 6.92 Å². The molecule has 1 rings (SSSR count). The number of nitrogens with one attached hydrogen (secondary N) is 1. The smallest absolute Gasteiger partial charge is 0.108 e. The third-order valence-electron chi connectivity index (χ3n) is 2.44. The molecule has 0 aromatic rings. The molecule has 1 atom stereocenters. The van der Waals surface area contributed by atoms with Crippen molar-refractivity contribution in [1.29, 1.82) is 5.41 Å². The van der Waals surface area contributed by atoms with Crippen molar-refractivity contribution >= 4 is 5.84 Å². The van der Waals surface area contributed by atoms with E-state index in [1.54, 1.807) is 0 Å². The first-order valence-electron chi connectivity index (χ1n) is 4.91. The van der Waals surface area contributed by atoms with Crippen LogP contribution in [0.3, 0.4) is 0 Å². The Morgan fingerprint density at radius 1 is 1.54 bits per heavy atom. The number of ether oxygens (including phenoxy) is 1. The second kappa shape index (κ2) is 5.19. The minimum Gasteiger partial charge on any atom is -0.386 e. The van der Waals surface area contributed by atoms with Crippen molar-refractivity contribution in [1.82, 2.24) is 4.90 Å². The van der Waals surface area contributed by atoms with Crippen LogP contribution in [-0.4, -0.2) is 43.1 Å². The van der Waals surface area contributed by atoms with Gasteiger partial charge in [-0.05, 0) is 12.8 Å². The third-order valence-corrected chi connectivity index (χ3v) is 2.44. The van der Waals surface area contributed by atoms with Gasteiger partial charge in [-0.2, -0.15) is 0 Å². The lowest BCUT2D eigenvalue weighted by Crippen LogP contribution is -2.45. The Bertz CT molecular complexity index is 164. The first-order chi connectivity index (χ1) is 6.25. The van der Waals surface area contributed by atoms with Crippen molar-refractivity contribution in [3.63, 3.8) is 0 Å². The van der Waals surface area contributed by atoms with Crippen LogP contribution in [0.1, 0.15) is 19.8 Å². The summed E-state index contributed by atoms with van der Waals surface area (Å²) in [5.41, 5.74) is 5.53. The number of rotatable bonds is 3. The van der Waals surface area contributed by atoms with E-state index in [1.165, 1.54) is 0 Å². The van der Waals surface area contributed by atoms with Crippen LogP contribution in [0.4, 0.5) is 0 Å². The fourth-order valence-corrected chi connectivity index (χ4v) is 1.75. The lowest BCUT2D eigenvalue weighted by atomic mass is 10.1. The maximum Gasteiger partial charge on any atom is 0.108 e. The van der Waals surface area contributed by atoms with Crippen LogP contribution in [0.25, 0.3) is 0 Å². The van der Waals surface area contributed by atoms with Gasteiger partial charge >= 0.3 is 0 Å². The van der Waals surface area contributed by atoms with Crippen molar-refractivity contribution in [2.75, 3.05) is 26.3 Å². The molecule has 0 saturated carbocycles. The molecule has 0 aromatic carbocycles. The quantitative estimate of drug-likeness (QED) is 0.495. The fraction of sp³-hybridized carbons (Fsp3) is 0.889. The van der Waals surface area contributed by atoms with Gasteiger partial charge in [0.25, 0.3) is 0 Å². The summed E-state index contributed by atoms with van der Waals surface area (Å²) in [6.07, 6.45) is 1.96. The molecule has 1 fully saturated rings. The molecule has 0 spiro atoms. The zero-order valence-electron chi connectivity index (χ0n) is 8.25. The zero-order valence-corrected chi connectivity index (χ0v) is 8.25. The Labute approximate surface area is 79.6 Å². The van der Waals surface area contributed by atoms with E-state index in [0.717, 1.165) is 39.1 Å². The van der Waals surface area contributed by atoms with E-state index >= 15 is 0 Å². The van der Waals surface area contributed by atoms with Gasteiger partial charge in [0.2, 0.25) is 0 Å². The monoisotopic (exact) mass is 185 g/mol. The maximum atomic E-state index is 7.45. The molecule has 0 radical (unpaired) electrons. The Morgan fingerprint density at radius 2 is 2.31 bits per heavy atom. The molecule has 1 heterocycles. The molecule has 0 bridgehead atoms. The summed E-state index contributed by atoms with van der Waals surface area (Å²) in [6.45, 7) is 5.57. The highest BCUT2D eigenvalue weighted by atomic mass is 16.5. The summed E-state index contributed by atoms with van der Waals surface area (Å²) in [7, 11) is 0. The lowest BCUT2D eigenvalue weighted by Gasteiger charge is -2.27. The van der Waals surface area contributed by atoms with Crippen LogP contribution in [0.5, 0.6) is 0 Å². The molecule has 13 heavy (non-hydrogen) atoms. The van der Waals surface area contributed by atoms with Crippen LogP contribution in [0, 0.1) is 5.41 Å². The van der Waals surface area contributed by atoms with Crippen molar-refractivity contribution in [2.45, 2.75) is 25.8 Å². The van der Waals surface area contributed by atoms with Gasteiger partial charge in [-0.15, -0.1) is 0 Å². The normalized spacial score (nSPS) is 22.2. The summed E-state index contributed by atoms with van der Waals surface area (Å²) in [4.78, 5) is 2.25. The average Bonchev–Trinajstić information content (AvgIpc) is 2.33. The van der Waals surface area contributed by atoms with Crippen molar-refractivity contribution in [3.05, 3.63) is 0 Å². The molecule has 3 N–H and O–H groups in total. The molecule has 4 nitrogen and oxygen atoms in total. The van der Waals surface area contributed by atoms with Crippen LogP contribution in [0.2, 0.25) is 0 Å². The second-order valence-corrected chi connectivity index (χ2v) is 3.38. The maximum absolute atomic E-state index is 7.45. The van der Waals surface area contributed by atoms with E-state index in [-0.39, 0.29) is 11.9 Å². The SMILES string of the molecule is CCC(C(=N)N)N1CCCOCC1. The van der Waals surface area contributed by atoms with Gasteiger partial charge in [-0.25, -0.2) is 0 Å². The van der Waals surface area contributed by atoms with E-state index in [4.69, 9.17) is 15.9 Å². The number of nitrogens with zero attached hydrogens (tertiary/aromatic N) is 1. The molecular weight excluding hydrogens is 166 g/mol. The standard InChI is InChI=1S/C9H19N3O/c1-2-8(9(10)11)12-4-3-6-13-7-5-12/h8H,2-7H2,1H3,(H3,10,11). The molecule has 1 saturated heterocycles. The topological polar surface area (TPSA) is 62.3 Å². The highest BCUT2D eigenvalue weighted by Gasteiger charge is 2.20. The van der Waals surface area contributed by atoms with Crippen LogP contribution < -0.4 is 5.73 Å². The molecule has 76 valence electrons. The first kappa shape index (κ1) is 10.5.